The monoisotopic (exact) mass is 714 g/mol. The van der Waals surface area contributed by atoms with Crippen molar-refractivity contribution < 1.29 is 0 Å². The van der Waals surface area contributed by atoms with Crippen molar-refractivity contribution in [1.82, 2.24) is 0 Å². The average molecular weight is 715 g/mol. The Morgan fingerprint density at radius 2 is 0.482 bits per heavy atom. The van der Waals surface area contributed by atoms with E-state index in [1.54, 1.807) is 0 Å². The highest BCUT2D eigenvalue weighted by Gasteiger charge is 2.17. The molecule has 0 aliphatic rings. The van der Waals surface area contributed by atoms with Gasteiger partial charge in [0.2, 0.25) is 0 Å². The fourth-order valence-corrected chi connectivity index (χ4v) is 7.98. The molecule has 2 heteroatoms. The molecular formula is C54H38N2. The molecule has 0 saturated carbocycles. The summed E-state index contributed by atoms with van der Waals surface area (Å²) in [6, 6.07) is 83.2. The minimum absolute atomic E-state index is 1.11. The smallest absolute Gasteiger partial charge is 0.0468 e. The van der Waals surface area contributed by atoms with Crippen LogP contribution in [0.2, 0.25) is 0 Å². The second-order valence-electron chi connectivity index (χ2n) is 14.2. The minimum atomic E-state index is 1.11. The zero-order chi connectivity index (χ0) is 37.3. The molecule has 10 rings (SSSR count). The van der Waals surface area contributed by atoms with Crippen LogP contribution in [0.15, 0.2) is 231 Å². The van der Waals surface area contributed by atoms with Gasteiger partial charge in [-0.1, -0.05) is 146 Å². The third kappa shape index (κ3) is 6.34. The number of nitrogens with zero attached hydrogens (tertiary/aromatic N) is 2. The first-order valence-electron chi connectivity index (χ1n) is 19.2. The number of anilines is 6. The number of para-hydroxylation sites is 2. The van der Waals surface area contributed by atoms with E-state index in [9.17, 15) is 0 Å². The summed E-state index contributed by atoms with van der Waals surface area (Å²) in [6.45, 7) is 0. The van der Waals surface area contributed by atoms with Crippen molar-refractivity contribution in [3.05, 3.63) is 231 Å². The molecule has 0 aliphatic heterocycles. The van der Waals surface area contributed by atoms with Gasteiger partial charge < -0.3 is 9.80 Å². The molecule has 0 heterocycles. The molecule has 0 saturated heterocycles. The van der Waals surface area contributed by atoms with Crippen LogP contribution in [0.3, 0.4) is 0 Å². The zero-order valence-corrected chi connectivity index (χ0v) is 30.8. The van der Waals surface area contributed by atoms with Gasteiger partial charge in [-0.2, -0.15) is 0 Å². The summed E-state index contributed by atoms with van der Waals surface area (Å²) in [5.41, 5.74) is 11.5. The summed E-state index contributed by atoms with van der Waals surface area (Å²) in [5, 5.41) is 7.36. The third-order valence-corrected chi connectivity index (χ3v) is 10.8. The van der Waals surface area contributed by atoms with Gasteiger partial charge in [-0.15, -0.1) is 0 Å². The summed E-state index contributed by atoms with van der Waals surface area (Å²) in [5.74, 6) is 0. The van der Waals surface area contributed by atoms with Crippen LogP contribution in [0.4, 0.5) is 34.1 Å². The van der Waals surface area contributed by atoms with Gasteiger partial charge in [-0.05, 0) is 140 Å². The van der Waals surface area contributed by atoms with Crippen molar-refractivity contribution in [2.75, 3.05) is 9.80 Å². The minimum Gasteiger partial charge on any atom is -0.310 e. The fraction of sp³-hybridized carbons (Fsp3) is 0. The number of hydrogen-bond acceptors (Lipinski definition) is 2. The second-order valence-corrected chi connectivity index (χ2v) is 14.2. The summed E-state index contributed by atoms with van der Waals surface area (Å²) >= 11 is 0. The Bertz CT molecular complexity index is 2750. The van der Waals surface area contributed by atoms with Crippen LogP contribution in [0.1, 0.15) is 0 Å². The molecule has 10 aromatic carbocycles. The van der Waals surface area contributed by atoms with Crippen molar-refractivity contribution in [3.8, 4) is 22.3 Å². The lowest BCUT2D eigenvalue weighted by Crippen LogP contribution is -2.09. The quantitative estimate of drug-likeness (QED) is 0.155. The Balaban J connectivity index is 1.05. The standard InChI is InChI=1S/C54H38N2/c1-3-19-47(20-4-1)55(51-33-23-39-13-7-9-15-43(39)35-51)49-29-25-41(26-30-49)53-37-45-17-11-12-18-46(45)38-54(53)42-27-31-50(32-28-42)56(48-21-5-2-6-22-48)52-34-24-40-14-8-10-16-44(40)36-52/h1-38H. The molecule has 0 radical (unpaired) electrons. The van der Waals surface area contributed by atoms with Crippen molar-refractivity contribution >= 4 is 66.4 Å². The van der Waals surface area contributed by atoms with E-state index in [2.05, 4.69) is 240 Å². The first kappa shape index (κ1) is 33.2. The van der Waals surface area contributed by atoms with Crippen molar-refractivity contribution in [3.63, 3.8) is 0 Å². The maximum Gasteiger partial charge on any atom is 0.0468 e. The molecule has 0 atom stereocenters. The van der Waals surface area contributed by atoms with E-state index in [1.807, 2.05) is 0 Å². The predicted molar refractivity (Wildman–Crippen MR) is 239 cm³/mol. The van der Waals surface area contributed by atoms with Crippen molar-refractivity contribution in [2.45, 2.75) is 0 Å². The molecule has 0 aromatic heterocycles. The summed E-state index contributed by atoms with van der Waals surface area (Å²) < 4.78 is 0. The van der Waals surface area contributed by atoms with Gasteiger partial charge in [0.25, 0.3) is 0 Å². The van der Waals surface area contributed by atoms with E-state index in [4.69, 9.17) is 0 Å². The van der Waals surface area contributed by atoms with Crippen LogP contribution in [0.5, 0.6) is 0 Å². The highest BCUT2D eigenvalue weighted by Crippen LogP contribution is 2.42. The predicted octanol–water partition coefficient (Wildman–Crippen LogP) is 15.4. The zero-order valence-electron chi connectivity index (χ0n) is 30.8. The Kier molecular flexibility index (Phi) is 8.55. The van der Waals surface area contributed by atoms with Gasteiger partial charge in [-0.3, -0.25) is 0 Å². The molecule has 0 amide bonds. The maximum absolute atomic E-state index is 2.34. The van der Waals surface area contributed by atoms with Crippen LogP contribution in [-0.2, 0) is 0 Å². The van der Waals surface area contributed by atoms with Gasteiger partial charge >= 0.3 is 0 Å². The third-order valence-electron chi connectivity index (χ3n) is 10.8. The lowest BCUT2D eigenvalue weighted by atomic mass is 9.91. The van der Waals surface area contributed by atoms with E-state index in [0.29, 0.717) is 0 Å². The molecule has 56 heavy (non-hydrogen) atoms. The summed E-state index contributed by atoms with van der Waals surface area (Å²) in [4.78, 5) is 4.68. The number of rotatable bonds is 8. The van der Waals surface area contributed by atoms with Crippen LogP contribution in [-0.4, -0.2) is 0 Å². The van der Waals surface area contributed by atoms with E-state index < -0.39 is 0 Å². The van der Waals surface area contributed by atoms with Crippen LogP contribution in [0, 0.1) is 0 Å². The largest absolute Gasteiger partial charge is 0.310 e. The number of fused-ring (bicyclic) bond motifs is 3. The van der Waals surface area contributed by atoms with E-state index in [0.717, 1.165) is 34.1 Å². The molecule has 0 aliphatic carbocycles. The van der Waals surface area contributed by atoms with Gasteiger partial charge in [-0.25, -0.2) is 0 Å². The van der Waals surface area contributed by atoms with E-state index >= 15 is 0 Å². The van der Waals surface area contributed by atoms with Crippen LogP contribution < -0.4 is 9.80 Å². The average Bonchev–Trinajstić information content (AvgIpc) is 3.27. The van der Waals surface area contributed by atoms with Gasteiger partial charge in [0, 0.05) is 34.1 Å². The van der Waals surface area contributed by atoms with Gasteiger partial charge in [0.05, 0.1) is 0 Å². The summed E-state index contributed by atoms with van der Waals surface area (Å²) in [6.07, 6.45) is 0. The van der Waals surface area contributed by atoms with E-state index in [-0.39, 0.29) is 0 Å². The fourth-order valence-electron chi connectivity index (χ4n) is 7.98. The van der Waals surface area contributed by atoms with Crippen molar-refractivity contribution in [2.24, 2.45) is 0 Å². The molecule has 10 aromatic rings. The SMILES string of the molecule is c1ccc(N(c2ccc(-c3cc4ccccc4cc3-c3ccc(N(c4ccccc4)c4ccc5ccccc5c4)cc3)cc2)c2ccc3ccccc3c2)cc1. The first-order valence-corrected chi connectivity index (χ1v) is 19.2. The first-order chi connectivity index (χ1) is 27.7. The lowest BCUT2D eigenvalue weighted by Gasteiger charge is -2.26. The Hall–Kier alpha value is -7.42. The Morgan fingerprint density at radius 3 is 0.857 bits per heavy atom. The molecule has 0 N–H and O–H groups in total. The molecular weight excluding hydrogens is 677 g/mol. The Morgan fingerprint density at radius 1 is 0.196 bits per heavy atom. The second kappa shape index (κ2) is 14.4. The van der Waals surface area contributed by atoms with E-state index in [1.165, 1.54) is 54.6 Å². The molecule has 264 valence electrons. The lowest BCUT2D eigenvalue weighted by molar-refractivity contribution is 1.29. The normalized spacial score (nSPS) is 11.2. The molecule has 0 fully saturated rings. The molecule has 2 nitrogen and oxygen atoms in total. The molecule has 0 bridgehead atoms. The van der Waals surface area contributed by atoms with Crippen molar-refractivity contribution in [1.29, 1.82) is 0 Å². The molecule has 0 unspecified atom stereocenters. The highest BCUT2D eigenvalue weighted by molar-refractivity contribution is 5.98. The number of benzene rings is 10. The Labute approximate surface area is 327 Å². The highest BCUT2D eigenvalue weighted by atomic mass is 15.1. The van der Waals surface area contributed by atoms with Gasteiger partial charge in [0.1, 0.15) is 0 Å². The van der Waals surface area contributed by atoms with Crippen LogP contribution in [0.25, 0.3) is 54.6 Å². The van der Waals surface area contributed by atoms with Crippen LogP contribution >= 0.6 is 0 Å². The topological polar surface area (TPSA) is 6.48 Å². The van der Waals surface area contributed by atoms with Gasteiger partial charge in [0.15, 0.2) is 0 Å². The maximum atomic E-state index is 2.34. The molecule has 0 spiro atoms. The number of hydrogen-bond donors (Lipinski definition) is 0. The summed E-state index contributed by atoms with van der Waals surface area (Å²) in [7, 11) is 0.